The summed E-state index contributed by atoms with van der Waals surface area (Å²) >= 11 is 2.15. The summed E-state index contributed by atoms with van der Waals surface area (Å²) in [6.45, 7) is 5.45. The van der Waals surface area contributed by atoms with Gasteiger partial charge in [-0.3, -0.25) is 4.79 Å². The van der Waals surface area contributed by atoms with Gasteiger partial charge in [0.2, 0.25) is 0 Å². The number of hydrogen-bond donors (Lipinski definition) is 1. The molecule has 0 saturated carbocycles. The van der Waals surface area contributed by atoms with Gasteiger partial charge in [0, 0.05) is 5.92 Å². The second kappa shape index (κ2) is 9.31. The summed E-state index contributed by atoms with van der Waals surface area (Å²) in [6.07, 6.45) is 0.206. The summed E-state index contributed by atoms with van der Waals surface area (Å²) in [6, 6.07) is 9.52. The van der Waals surface area contributed by atoms with E-state index in [1.165, 1.54) is 0 Å². The van der Waals surface area contributed by atoms with Crippen molar-refractivity contribution in [3.05, 3.63) is 35.9 Å². The van der Waals surface area contributed by atoms with E-state index in [2.05, 4.69) is 22.6 Å². The summed E-state index contributed by atoms with van der Waals surface area (Å²) < 4.78 is 5.24. The summed E-state index contributed by atoms with van der Waals surface area (Å²) in [5, 5.41) is 9.32. The number of carbonyl (C=O) groups is 1. The van der Waals surface area contributed by atoms with Crippen LogP contribution in [-0.2, 0) is 9.53 Å². The fraction of sp³-hybridized carbons (Fsp3) is 0.533. The topological polar surface area (TPSA) is 46.5 Å². The van der Waals surface area contributed by atoms with Gasteiger partial charge >= 0.3 is 5.97 Å². The molecule has 3 nitrogen and oxygen atoms in total. The summed E-state index contributed by atoms with van der Waals surface area (Å²) in [4.78, 5) is 13.6. The third kappa shape index (κ3) is 8.21. The smallest absolute Gasteiger partial charge is 0.307 e. The monoisotopic (exact) mass is 378 g/mol. The average Bonchev–Trinajstić information content (AvgIpc) is 2.37. The zero-order chi connectivity index (χ0) is 14.9. The highest BCUT2D eigenvalue weighted by Gasteiger charge is 2.20. The summed E-state index contributed by atoms with van der Waals surface area (Å²) in [5.41, 5.74) is 0.481. The van der Waals surface area contributed by atoms with Crippen LogP contribution in [0.5, 0.6) is 0 Å². The number of ether oxygens (including phenoxy) is 1. The third-order valence-electron chi connectivity index (χ3n) is 2.32. The highest BCUT2D eigenvalue weighted by molar-refractivity contribution is 14.1. The lowest BCUT2D eigenvalue weighted by Crippen LogP contribution is -2.25. The van der Waals surface area contributed by atoms with Crippen LogP contribution in [0, 0.1) is 0 Å². The molecule has 0 aromatic heterocycles. The van der Waals surface area contributed by atoms with Crippen molar-refractivity contribution in [1.82, 2.24) is 0 Å². The van der Waals surface area contributed by atoms with Crippen molar-refractivity contribution in [2.75, 3.05) is 11.5 Å². The molecule has 0 bridgehead atoms. The minimum Gasteiger partial charge on any atom is -0.460 e. The van der Waals surface area contributed by atoms with E-state index in [1.54, 1.807) is 0 Å². The molecule has 0 amide bonds. The van der Waals surface area contributed by atoms with E-state index in [0.29, 0.717) is 0 Å². The molecule has 0 aliphatic heterocycles. The fourth-order valence-electron chi connectivity index (χ4n) is 1.60. The summed E-state index contributed by atoms with van der Waals surface area (Å²) in [5.74, 6) is -0.466. The minimum atomic E-state index is -0.478. The predicted molar refractivity (Wildman–Crippen MR) is 86.7 cm³/mol. The molecule has 108 valence electrons. The Morgan fingerprint density at radius 3 is 2.21 bits per heavy atom. The van der Waals surface area contributed by atoms with Gasteiger partial charge in [0.05, 0.1) is 13.0 Å². The number of hydrogen-bond acceptors (Lipinski definition) is 3. The number of halogens is 1. The van der Waals surface area contributed by atoms with Crippen LogP contribution in [-0.4, -0.2) is 28.2 Å². The zero-order valence-electron chi connectivity index (χ0n) is 12.0. The first-order valence-electron chi connectivity index (χ1n) is 6.18. The van der Waals surface area contributed by atoms with Gasteiger partial charge < -0.3 is 9.84 Å². The molecule has 4 heteroatoms. The molecular weight excluding hydrogens is 355 g/mol. The molecule has 0 heterocycles. The predicted octanol–water partition coefficient (Wildman–Crippen LogP) is 3.55. The number of alkyl halides is 1. The standard InChI is InChI=1S/C14H20O3.CH3I/c1-14(2,3)17-13(16)9-12(10-15)11-7-5-4-6-8-11;1-2/h4-8,12,15H,9-10H2,1-3H3;1H3. The molecule has 1 aromatic carbocycles. The Bertz CT molecular complexity index is 357. The Morgan fingerprint density at radius 1 is 1.26 bits per heavy atom. The number of carbonyl (C=O) groups excluding carboxylic acids is 1. The van der Waals surface area contributed by atoms with Crippen LogP contribution in [0.3, 0.4) is 0 Å². The molecule has 1 N–H and O–H groups in total. The second-order valence-electron chi connectivity index (χ2n) is 5.08. The van der Waals surface area contributed by atoms with E-state index in [0.717, 1.165) is 5.56 Å². The SMILES string of the molecule is CC(C)(C)OC(=O)CC(CO)c1ccccc1.CI. The van der Waals surface area contributed by atoms with E-state index < -0.39 is 5.60 Å². The molecule has 19 heavy (non-hydrogen) atoms. The van der Waals surface area contributed by atoms with Gasteiger partial charge in [0.15, 0.2) is 0 Å². The normalized spacial score (nSPS) is 12.1. The van der Waals surface area contributed by atoms with E-state index >= 15 is 0 Å². The highest BCUT2D eigenvalue weighted by Crippen LogP contribution is 2.20. The lowest BCUT2D eigenvalue weighted by Gasteiger charge is -2.21. The zero-order valence-corrected chi connectivity index (χ0v) is 14.2. The Hall–Kier alpha value is -0.620. The first-order valence-corrected chi connectivity index (χ1v) is 8.33. The van der Waals surface area contributed by atoms with E-state index in [-0.39, 0.29) is 24.9 Å². The van der Waals surface area contributed by atoms with Gasteiger partial charge in [-0.2, -0.15) is 0 Å². The second-order valence-corrected chi connectivity index (χ2v) is 5.08. The molecule has 0 aliphatic rings. The van der Waals surface area contributed by atoms with Crippen LogP contribution in [0.25, 0.3) is 0 Å². The molecule has 0 radical (unpaired) electrons. The Labute approximate surface area is 129 Å². The molecule has 1 rings (SSSR count). The van der Waals surface area contributed by atoms with Crippen LogP contribution in [0.2, 0.25) is 0 Å². The van der Waals surface area contributed by atoms with Crippen molar-refractivity contribution < 1.29 is 14.6 Å². The van der Waals surface area contributed by atoms with Crippen LogP contribution >= 0.6 is 22.6 Å². The molecule has 1 atom stereocenters. The molecule has 0 fully saturated rings. The maximum atomic E-state index is 11.7. The third-order valence-corrected chi connectivity index (χ3v) is 2.32. The lowest BCUT2D eigenvalue weighted by atomic mass is 9.97. The minimum absolute atomic E-state index is 0.0523. The molecule has 0 saturated heterocycles. The molecule has 0 spiro atoms. The van der Waals surface area contributed by atoms with Crippen molar-refractivity contribution in [2.45, 2.75) is 38.7 Å². The molecular formula is C15H23IO3. The van der Waals surface area contributed by atoms with Crippen molar-refractivity contribution in [1.29, 1.82) is 0 Å². The number of esters is 1. The van der Waals surface area contributed by atoms with Gasteiger partial charge in [0.1, 0.15) is 5.60 Å². The fourth-order valence-corrected chi connectivity index (χ4v) is 1.60. The van der Waals surface area contributed by atoms with Crippen molar-refractivity contribution in [3.63, 3.8) is 0 Å². The largest absolute Gasteiger partial charge is 0.460 e. The maximum absolute atomic E-state index is 11.7. The van der Waals surface area contributed by atoms with Gasteiger partial charge in [-0.1, -0.05) is 52.9 Å². The van der Waals surface area contributed by atoms with Crippen LogP contribution in [0.15, 0.2) is 30.3 Å². The van der Waals surface area contributed by atoms with Gasteiger partial charge in [-0.25, -0.2) is 0 Å². The van der Waals surface area contributed by atoms with Crippen molar-refractivity contribution >= 4 is 28.6 Å². The Balaban J connectivity index is 0.00000154. The number of benzene rings is 1. The first kappa shape index (κ1) is 18.4. The summed E-state index contributed by atoms with van der Waals surface area (Å²) in [7, 11) is 0. The highest BCUT2D eigenvalue weighted by atomic mass is 127. The van der Waals surface area contributed by atoms with Crippen LogP contribution in [0.1, 0.15) is 38.7 Å². The Morgan fingerprint density at radius 2 is 1.79 bits per heavy atom. The van der Waals surface area contributed by atoms with Crippen molar-refractivity contribution in [2.24, 2.45) is 0 Å². The van der Waals surface area contributed by atoms with E-state index in [4.69, 9.17) is 4.74 Å². The first-order chi connectivity index (χ1) is 8.92. The van der Waals surface area contributed by atoms with Crippen LogP contribution < -0.4 is 0 Å². The van der Waals surface area contributed by atoms with Gasteiger partial charge in [0.25, 0.3) is 0 Å². The lowest BCUT2D eigenvalue weighted by molar-refractivity contribution is -0.155. The van der Waals surface area contributed by atoms with Gasteiger partial charge in [-0.15, -0.1) is 0 Å². The number of aliphatic hydroxyl groups is 1. The van der Waals surface area contributed by atoms with Crippen LogP contribution in [0.4, 0.5) is 0 Å². The molecule has 1 unspecified atom stereocenters. The maximum Gasteiger partial charge on any atom is 0.307 e. The average molecular weight is 378 g/mol. The van der Waals surface area contributed by atoms with E-state index in [9.17, 15) is 9.90 Å². The quantitative estimate of drug-likeness (QED) is 0.495. The Kier molecular flexibility index (Phi) is 9.01. The van der Waals surface area contributed by atoms with Gasteiger partial charge in [-0.05, 0) is 31.3 Å². The number of rotatable bonds is 4. The molecule has 1 aromatic rings. The van der Waals surface area contributed by atoms with E-state index in [1.807, 2.05) is 56.0 Å². The number of aliphatic hydroxyl groups excluding tert-OH is 1. The molecule has 0 aliphatic carbocycles. The van der Waals surface area contributed by atoms with Crippen molar-refractivity contribution in [3.8, 4) is 0 Å².